The highest BCUT2D eigenvalue weighted by Gasteiger charge is 2.15. The highest BCUT2D eigenvalue weighted by Crippen LogP contribution is 2.19. The van der Waals surface area contributed by atoms with Crippen molar-refractivity contribution in [2.75, 3.05) is 6.54 Å². The van der Waals surface area contributed by atoms with E-state index in [1.54, 1.807) is 0 Å². The van der Waals surface area contributed by atoms with Crippen LogP contribution < -0.4 is 0 Å². The normalized spacial score (nSPS) is 11.1. The molecule has 106 valence electrons. The molecule has 0 unspecified atom stereocenters. The molecule has 0 aliphatic heterocycles. The molecule has 0 atom stereocenters. The molecule has 1 heteroatoms. The lowest BCUT2D eigenvalue weighted by Crippen LogP contribution is -2.14. The van der Waals surface area contributed by atoms with Crippen molar-refractivity contribution in [3.8, 4) is 11.8 Å². The first-order valence-corrected chi connectivity index (χ1v) is 7.25. The van der Waals surface area contributed by atoms with Crippen LogP contribution >= 0.6 is 0 Å². The van der Waals surface area contributed by atoms with E-state index in [1.165, 1.54) is 0 Å². The lowest BCUT2D eigenvalue weighted by atomic mass is 9.90. The Hall–Kier alpha value is -2.33. The molecule has 0 bridgehead atoms. The molecule has 0 heterocycles. The molecule has 2 rings (SSSR count). The average molecular weight is 275 g/mol. The Morgan fingerprint density at radius 1 is 0.952 bits per heavy atom. The molecule has 21 heavy (non-hydrogen) atoms. The second kappa shape index (κ2) is 7.45. The van der Waals surface area contributed by atoms with Gasteiger partial charge < -0.3 is 0 Å². The van der Waals surface area contributed by atoms with Gasteiger partial charge in [0.15, 0.2) is 0 Å². The highest BCUT2D eigenvalue weighted by atomic mass is 14.7. The number of aliphatic imine (C=N–C) groups is 1. The summed E-state index contributed by atoms with van der Waals surface area (Å²) in [6.45, 7) is 5.19. The Bertz CT molecular complexity index is 628. The smallest absolute Gasteiger partial charge is 0.0449 e. The Balaban J connectivity index is 1.88. The van der Waals surface area contributed by atoms with Gasteiger partial charge in [-0.1, -0.05) is 74.2 Å². The molecule has 1 nitrogen and oxygen atoms in total. The molecule has 2 aromatic carbocycles. The van der Waals surface area contributed by atoms with Crippen molar-refractivity contribution in [2.24, 2.45) is 10.4 Å². The Morgan fingerprint density at radius 2 is 1.57 bits per heavy atom. The lowest BCUT2D eigenvalue weighted by molar-refractivity contribution is 0.393. The second-order valence-electron chi connectivity index (χ2n) is 5.89. The van der Waals surface area contributed by atoms with Crippen molar-refractivity contribution in [2.45, 2.75) is 20.3 Å². The molecule has 2 aromatic rings. The molecule has 0 spiro atoms. The molecule has 0 fully saturated rings. The van der Waals surface area contributed by atoms with Crippen molar-refractivity contribution in [1.29, 1.82) is 0 Å². The Labute approximate surface area is 127 Å². The SMILES string of the molecule is CC(C)(CC#Cc1ccccc1)CN=Cc1ccccc1. The van der Waals surface area contributed by atoms with Gasteiger partial charge >= 0.3 is 0 Å². The van der Waals surface area contributed by atoms with Crippen LogP contribution in [0.25, 0.3) is 0 Å². The zero-order valence-corrected chi connectivity index (χ0v) is 12.7. The first-order chi connectivity index (χ1) is 10.2. The molecule has 0 N–H and O–H groups in total. The van der Waals surface area contributed by atoms with Gasteiger partial charge in [0.05, 0.1) is 0 Å². The van der Waals surface area contributed by atoms with Crippen molar-refractivity contribution < 1.29 is 0 Å². The quantitative estimate of drug-likeness (QED) is 0.572. The summed E-state index contributed by atoms with van der Waals surface area (Å²) in [5.41, 5.74) is 2.30. The van der Waals surface area contributed by atoms with Crippen molar-refractivity contribution in [3.63, 3.8) is 0 Å². The minimum Gasteiger partial charge on any atom is -0.292 e. The first-order valence-electron chi connectivity index (χ1n) is 7.25. The monoisotopic (exact) mass is 275 g/mol. The summed E-state index contributed by atoms with van der Waals surface area (Å²) >= 11 is 0. The molecule has 0 aromatic heterocycles. The molecule has 0 saturated heterocycles. The van der Waals surface area contributed by atoms with Gasteiger partial charge in [0.25, 0.3) is 0 Å². The molecule has 0 radical (unpaired) electrons. The van der Waals surface area contributed by atoms with Crippen LogP contribution in [-0.4, -0.2) is 12.8 Å². The number of hydrogen-bond acceptors (Lipinski definition) is 1. The van der Waals surface area contributed by atoms with Gasteiger partial charge in [0, 0.05) is 24.7 Å². The van der Waals surface area contributed by atoms with Gasteiger partial charge in [-0.05, 0) is 23.1 Å². The van der Waals surface area contributed by atoms with Gasteiger partial charge in [-0.2, -0.15) is 0 Å². The van der Waals surface area contributed by atoms with Gasteiger partial charge in [-0.25, -0.2) is 0 Å². The maximum absolute atomic E-state index is 4.55. The van der Waals surface area contributed by atoms with Crippen LogP contribution in [0.15, 0.2) is 65.7 Å². The summed E-state index contributed by atoms with van der Waals surface area (Å²) < 4.78 is 0. The van der Waals surface area contributed by atoms with Crippen LogP contribution in [-0.2, 0) is 0 Å². The molecular formula is C20H21N. The zero-order valence-electron chi connectivity index (χ0n) is 12.7. The van der Waals surface area contributed by atoms with Gasteiger partial charge in [-0.15, -0.1) is 0 Å². The minimum absolute atomic E-state index is 0.0903. The lowest BCUT2D eigenvalue weighted by Gasteiger charge is -2.18. The fraction of sp³-hybridized carbons (Fsp3) is 0.250. The summed E-state index contributed by atoms with van der Waals surface area (Å²) in [6, 6.07) is 20.3. The molecule has 0 saturated carbocycles. The molecule has 0 amide bonds. The largest absolute Gasteiger partial charge is 0.292 e. The van der Waals surface area contributed by atoms with E-state index in [-0.39, 0.29) is 5.41 Å². The number of rotatable bonds is 4. The average Bonchev–Trinajstić information content (AvgIpc) is 2.49. The van der Waals surface area contributed by atoms with Gasteiger partial charge in [0.2, 0.25) is 0 Å². The van der Waals surface area contributed by atoms with Crippen molar-refractivity contribution in [1.82, 2.24) is 0 Å². The minimum atomic E-state index is 0.0903. The summed E-state index contributed by atoms with van der Waals surface area (Å²) in [6.07, 6.45) is 2.78. The number of benzene rings is 2. The van der Waals surface area contributed by atoms with Gasteiger partial charge in [-0.3, -0.25) is 4.99 Å². The van der Waals surface area contributed by atoms with Gasteiger partial charge in [0.1, 0.15) is 0 Å². The zero-order chi connectivity index (χ0) is 15.0. The molecule has 0 aliphatic rings. The summed E-state index contributed by atoms with van der Waals surface area (Å²) in [5, 5.41) is 0. The van der Waals surface area contributed by atoms with E-state index in [0.717, 1.165) is 24.1 Å². The molecular weight excluding hydrogens is 254 g/mol. The third-order valence-electron chi connectivity index (χ3n) is 3.13. The van der Waals surface area contributed by atoms with Crippen molar-refractivity contribution >= 4 is 6.21 Å². The third-order valence-corrected chi connectivity index (χ3v) is 3.13. The van der Waals surface area contributed by atoms with Crippen molar-refractivity contribution in [3.05, 3.63) is 71.8 Å². The Morgan fingerprint density at radius 3 is 2.24 bits per heavy atom. The van der Waals surface area contributed by atoms with Crippen LogP contribution in [0, 0.1) is 17.3 Å². The number of nitrogens with zero attached hydrogens (tertiary/aromatic N) is 1. The van der Waals surface area contributed by atoms with Crippen LogP contribution in [0.4, 0.5) is 0 Å². The third kappa shape index (κ3) is 5.67. The van der Waals surface area contributed by atoms with E-state index >= 15 is 0 Å². The van der Waals surface area contributed by atoms with E-state index in [0.29, 0.717) is 0 Å². The van der Waals surface area contributed by atoms with Crippen LogP contribution in [0.5, 0.6) is 0 Å². The van der Waals surface area contributed by atoms with Crippen LogP contribution in [0.3, 0.4) is 0 Å². The standard InChI is InChI=1S/C20H21N/c1-20(2,15-9-14-18-10-5-3-6-11-18)17-21-16-19-12-7-4-8-13-19/h3-8,10-13,16H,15,17H2,1-2H3. The predicted octanol–water partition coefficient (Wildman–Crippen LogP) is 4.57. The fourth-order valence-electron chi connectivity index (χ4n) is 1.90. The van der Waals surface area contributed by atoms with E-state index in [4.69, 9.17) is 0 Å². The topological polar surface area (TPSA) is 12.4 Å². The maximum Gasteiger partial charge on any atom is 0.0449 e. The second-order valence-corrected chi connectivity index (χ2v) is 5.89. The van der Waals surface area contributed by atoms with E-state index in [2.05, 4.69) is 42.8 Å². The first kappa shape index (κ1) is 15.1. The van der Waals surface area contributed by atoms with E-state index < -0.39 is 0 Å². The fourth-order valence-corrected chi connectivity index (χ4v) is 1.90. The number of hydrogen-bond donors (Lipinski definition) is 0. The predicted molar refractivity (Wildman–Crippen MR) is 90.6 cm³/mol. The summed E-state index contributed by atoms with van der Waals surface area (Å²) in [4.78, 5) is 4.55. The molecule has 0 aliphatic carbocycles. The van der Waals surface area contributed by atoms with Crippen LogP contribution in [0.2, 0.25) is 0 Å². The van der Waals surface area contributed by atoms with Crippen LogP contribution in [0.1, 0.15) is 31.4 Å². The summed E-state index contributed by atoms with van der Waals surface area (Å²) in [5.74, 6) is 6.47. The highest BCUT2D eigenvalue weighted by molar-refractivity contribution is 5.79. The maximum atomic E-state index is 4.55. The Kier molecular flexibility index (Phi) is 5.35. The van der Waals surface area contributed by atoms with E-state index in [9.17, 15) is 0 Å². The van der Waals surface area contributed by atoms with E-state index in [1.807, 2.05) is 54.7 Å². The summed E-state index contributed by atoms with van der Waals surface area (Å²) in [7, 11) is 0.